The predicted molar refractivity (Wildman–Crippen MR) is 122 cm³/mol. The minimum Gasteiger partial charge on any atom is -0.493 e. The van der Waals surface area contributed by atoms with E-state index in [0.717, 1.165) is 16.7 Å². The fourth-order valence-corrected chi connectivity index (χ4v) is 3.86. The molecule has 0 fully saturated rings. The van der Waals surface area contributed by atoms with Crippen molar-refractivity contribution in [3.05, 3.63) is 45.6 Å². The van der Waals surface area contributed by atoms with E-state index in [9.17, 15) is 9.59 Å². The highest BCUT2D eigenvalue weighted by Gasteiger charge is 2.29. The van der Waals surface area contributed by atoms with Gasteiger partial charge >= 0.3 is 0 Å². The van der Waals surface area contributed by atoms with Crippen LogP contribution in [0.3, 0.4) is 0 Å². The van der Waals surface area contributed by atoms with E-state index >= 15 is 0 Å². The van der Waals surface area contributed by atoms with E-state index in [1.807, 2.05) is 12.1 Å². The topological polar surface area (TPSA) is 103 Å². The maximum atomic E-state index is 12.6. The largest absolute Gasteiger partial charge is 0.493 e. The lowest BCUT2D eigenvalue weighted by Crippen LogP contribution is -2.26. The van der Waals surface area contributed by atoms with E-state index < -0.39 is 0 Å². The number of aliphatic hydroxyl groups excluding tert-OH is 1. The van der Waals surface area contributed by atoms with Crippen LogP contribution in [0.15, 0.2) is 29.1 Å². The normalized spacial score (nSPS) is 13.9. The first-order valence-electron chi connectivity index (χ1n) is 10.3. The molecule has 0 unspecified atom stereocenters. The molecule has 0 heterocycles. The van der Waals surface area contributed by atoms with Gasteiger partial charge in [0.15, 0.2) is 17.2 Å². The SMILES string of the molecule is CCO.COc1cc2c(c(OC)c1OC)-c1ccc(OC)c(=O)cc1[C@@H](NC(C)=O)CC2. The smallest absolute Gasteiger partial charge is 0.220 e. The predicted octanol–water partition coefficient (Wildman–Crippen LogP) is 2.87. The molecular formula is C24H31NO7. The fraction of sp³-hybridized carbons (Fsp3) is 0.417. The molecule has 0 aromatic heterocycles. The van der Waals surface area contributed by atoms with E-state index in [1.165, 1.54) is 20.1 Å². The molecule has 3 rings (SSSR count). The minimum atomic E-state index is -0.332. The quantitative estimate of drug-likeness (QED) is 0.729. The first-order chi connectivity index (χ1) is 15.4. The lowest BCUT2D eigenvalue weighted by molar-refractivity contribution is -0.119. The summed E-state index contributed by atoms with van der Waals surface area (Å²) in [7, 11) is 6.14. The average Bonchev–Trinajstić information content (AvgIpc) is 3.01. The third-order valence-electron chi connectivity index (χ3n) is 5.10. The molecule has 0 saturated carbocycles. The highest BCUT2D eigenvalue weighted by molar-refractivity contribution is 5.83. The van der Waals surface area contributed by atoms with Crippen molar-refractivity contribution in [3.8, 4) is 34.1 Å². The van der Waals surface area contributed by atoms with E-state index in [4.69, 9.17) is 24.1 Å². The van der Waals surface area contributed by atoms with Crippen LogP contribution in [0.5, 0.6) is 23.0 Å². The van der Waals surface area contributed by atoms with Crippen LogP contribution in [0, 0.1) is 0 Å². The molecule has 1 aliphatic rings. The summed E-state index contributed by atoms with van der Waals surface area (Å²) in [5.41, 5.74) is 3.01. The third kappa shape index (κ3) is 5.13. The van der Waals surface area contributed by atoms with Crippen LogP contribution < -0.4 is 29.7 Å². The van der Waals surface area contributed by atoms with Crippen LogP contribution in [-0.4, -0.2) is 46.1 Å². The third-order valence-corrected chi connectivity index (χ3v) is 5.10. The Labute approximate surface area is 188 Å². The van der Waals surface area contributed by atoms with E-state index in [1.54, 1.807) is 34.3 Å². The number of hydrogen-bond acceptors (Lipinski definition) is 7. The highest BCUT2D eigenvalue weighted by Crippen LogP contribution is 2.50. The zero-order valence-corrected chi connectivity index (χ0v) is 19.4. The summed E-state index contributed by atoms with van der Waals surface area (Å²) in [4.78, 5) is 24.5. The van der Waals surface area contributed by atoms with E-state index in [0.29, 0.717) is 35.7 Å². The van der Waals surface area contributed by atoms with Gasteiger partial charge < -0.3 is 29.4 Å². The van der Waals surface area contributed by atoms with Gasteiger partial charge in [-0.2, -0.15) is 0 Å². The fourth-order valence-electron chi connectivity index (χ4n) is 3.86. The Morgan fingerprint density at radius 1 is 1.03 bits per heavy atom. The number of hydrogen-bond donors (Lipinski definition) is 2. The summed E-state index contributed by atoms with van der Waals surface area (Å²) in [6, 6.07) is 6.57. The molecule has 0 saturated heterocycles. The number of carbonyl (C=O) groups excluding carboxylic acids is 1. The number of methoxy groups -OCH3 is 4. The number of ether oxygens (including phenoxy) is 4. The molecule has 0 spiro atoms. The van der Waals surface area contributed by atoms with Gasteiger partial charge in [0.2, 0.25) is 17.1 Å². The molecule has 1 atom stereocenters. The van der Waals surface area contributed by atoms with Crippen molar-refractivity contribution in [3.63, 3.8) is 0 Å². The molecule has 1 amide bonds. The second-order valence-electron chi connectivity index (χ2n) is 7.07. The molecule has 0 radical (unpaired) electrons. The summed E-state index contributed by atoms with van der Waals surface area (Å²) < 4.78 is 22.0. The number of nitrogens with one attached hydrogen (secondary N) is 1. The van der Waals surface area contributed by atoms with Crippen LogP contribution in [0.1, 0.15) is 37.4 Å². The number of amides is 1. The zero-order valence-electron chi connectivity index (χ0n) is 19.4. The monoisotopic (exact) mass is 445 g/mol. The molecule has 8 nitrogen and oxygen atoms in total. The summed E-state index contributed by atoms with van der Waals surface area (Å²) in [6.45, 7) is 3.39. The Hall–Kier alpha value is -3.26. The van der Waals surface area contributed by atoms with Gasteiger partial charge in [-0.25, -0.2) is 0 Å². The molecule has 2 N–H and O–H groups in total. The second-order valence-corrected chi connectivity index (χ2v) is 7.07. The lowest BCUT2D eigenvalue weighted by Gasteiger charge is -2.19. The number of aliphatic hydroxyl groups is 1. The first kappa shape index (κ1) is 25.0. The van der Waals surface area contributed by atoms with Gasteiger partial charge in [-0.1, -0.05) is 6.07 Å². The molecule has 0 bridgehead atoms. The Morgan fingerprint density at radius 3 is 2.19 bits per heavy atom. The van der Waals surface area contributed by atoms with Crippen LogP contribution >= 0.6 is 0 Å². The minimum absolute atomic E-state index is 0.167. The highest BCUT2D eigenvalue weighted by atomic mass is 16.5. The maximum Gasteiger partial charge on any atom is 0.220 e. The van der Waals surface area contributed by atoms with Crippen LogP contribution in [0.4, 0.5) is 0 Å². The van der Waals surface area contributed by atoms with Crippen molar-refractivity contribution in [1.29, 1.82) is 0 Å². The van der Waals surface area contributed by atoms with Gasteiger partial charge in [-0.15, -0.1) is 0 Å². The van der Waals surface area contributed by atoms with Crippen LogP contribution in [0.25, 0.3) is 11.1 Å². The number of carbonyl (C=O) groups is 1. The van der Waals surface area contributed by atoms with Gasteiger partial charge in [-0.3, -0.25) is 9.59 Å². The van der Waals surface area contributed by atoms with Crippen molar-refractivity contribution in [2.45, 2.75) is 32.7 Å². The average molecular weight is 446 g/mol. The summed E-state index contributed by atoms with van der Waals surface area (Å²) in [6.07, 6.45) is 1.27. The van der Waals surface area contributed by atoms with Crippen LogP contribution in [-0.2, 0) is 11.2 Å². The number of rotatable bonds is 5. The van der Waals surface area contributed by atoms with Gasteiger partial charge in [0, 0.05) is 19.1 Å². The van der Waals surface area contributed by atoms with Gasteiger partial charge in [-0.05, 0) is 54.7 Å². The number of aryl methyl sites for hydroxylation is 1. The number of benzene rings is 1. The Morgan fingerprint density at radius 2 is 1.66 bits per heavy atom. The van der Waals surface area contributed by atoms with Gasteiger partial charge in [0.05, 0.1) is 34.5 Å². The molecular weight excluding hydrogens is 414 g/mol. The molecule has 2 aromatic rings. The van der Waals surface area contributed by atoms with Gasteiger partial charge in [0.1, 0.15) is 0 Å². The molecule has 8 heteroatoms. The molecule has 1 aliphatic carbocycles. The zero-order chi connectivity index (χ0) is 23.8. The molecule has 174 valence electrons. The van der Waals surface area contributed by atoms with Gasteiger partial charge in [0.25, 0.3) is 0 Å². The Kier molecular flexibility index (Phi) is 8.90. The molecule has 0 aliphatic heterocycles. The number of fused-ring (bicyclic) bond motifs is 3. The Bertz CT molecular complexity index is 1020. The maximum absolute atomic E-state index is 12.6. The molecule has 32 heavy (non-hydrogen) atoms. The van der Waals surface area contributed by atoms with Crippen molar-refractivity contribution in [2.75, 3.05) is 35.0 Å². The van der Waals surface area contributed by atoms with Crippen molar-refractivity contribution in [1.82, 2.24) is 5.32 Å². The van der Waals surface area contributed by atoms with Crippen LogP contribution in [0.2, 0.25) is 0 Å². The van der Waals surface area contributed by atoms with Crippen molar-refractivity contribution in [2.24, 2.45) is 0 Å². The summed E-state index contributed by atoms with van der Waals surface area (Å²) in [5, 5.41) is 10.5. The first-order valence-corrected chi connectivity index (χ1v) is 10.3. The Balaban J connectivity index is 0.00000114. The van der Waals surface area contributed by atoms with E-state index in [-0.39, 0.29) is 29.7 Å². The van der Waals surface area contributed by atoms with Crippen molar-refractivity contribution >= 4 is 5.91 Å². The van der Waals surface area contributed by atoms with Crippen molar-refractivity contribution < 1.29 is 28.8 Å². The van der Waals surface area contributed by atoms with E-state index in [2.05, 4.69) is 5.32 Å². The lowest BCUT2D eigenvalue weighted by atomic mass is 9.95. The second kappa shape index (κ2) is 11.4. The molecule has 2 aromatic carbocycles. The summed E-state index contributed by atoms with van der Waals surface area (Å²) in [5.74, 6) is 1.60. The standard InChI is InChI=1S/C22H25NO6.C2H6O/c1-12(24)23-16-8-6-13-10-19(27-3)21(28-4)22(29-5)20(13)14-7-9-18(26-2)17(25)11-15(14)16;1-2-3/h7,9-11,16H,6,8H2,1-5H3,(H,23,24);3H,2H2,1H3/t16-;/m0./s1. The summed E-state index contributed by atoms with van der Waals surface area (Å²) >= 11 is 0.